The number of carbonyl (C=O) groups excluding carboxylic acids is 1. The van der Waals surface area contributed by atoms with Gasteiger partial charge >= 0.3 is 0 Å². The van der Waals surface area contributed by atoms with Crippen molar-refractivity contribution in [1.82, 2.24) is 4.90 Å². The Kier molecular flexibility index (Phi) is 6.63. The van der Waals surface area contributed by atoms with Crippen molar-refractivity contribution in [2.75, 3.05) is 34.0 Å². The van der Waals surface area contributed by atoms with Crippen molar-refractivity contribution >= 4 is 12.0 Å². The zero-order valence-corrected chi connectivity index (χ0v) is 14.4. The summed E-state index contributed by atoms with van der Waals surface area (Å²) in [4.78, 5) is 14.3. The molecule has 0 aliphatic carbocycles. The summed E-state index contributed by atoms with van der Waals surface area (Å²) in [6.07, 6.45) is 3.30. The molecule has 0 bridgehead atoms. The quantitative estimate of drug-likeness (QED) is 0.802. The van der Waals surface area contributed by atoms with Gasteiger partial charge in [-0.3, -0.25) is 4.79 Å². The van der Waals surface area contributed by atoms with Crippen molar-refractivity contribution in [3.05, 3.63) is 29.8 Å². The molecule has 0 spiro atoms. The van der Waals surface area contributed by atoms with Crippen LogP contribution in [0.4, 0.5) is 0 Å². The summed E-state index contributed by atoms with van der Waals surface area (Å²) >= 11 is 0. The molecule has 1 aromatic carbocycles. The molecule has 2 rings (SSSR count). The van der Waals surface area contributed by atoms with E-state index in [9.17, 15) is 9.90 Å². The first-order chi connectivity index (χ1) is 11.5. The third-order valence-corrected chi connectivity index (χ3v) is 3.97. The van der Waals surface area contributed by atoms with E-state index in [2.05, 4.69) is 0 Å². The molecule has 0 radical (unpaired) electrons. The lowest BCUT2D eigenvalue weighted by Crippen LogP contribution is -2.49. The number of rotatable bonds is 6. The molecule has 1 aliphatic rings. The molecule has 24 heavy (non-hydrogen) atoms. The maximum atomic E-state index is 12.5. The van der Waals surface area contributed by atoms with Gasteiger partial charge in [-0.05, 0) is 31.6 Å². The van der Waals surface area contributed by atoms with Crippen molar-refractivity contribution in [3.8, 4) is 11.5 Å². The van der Waals surface area contributed by atoms with Crippen molar-refractivity contribution in [2.24, 2.45) is 0 Å². The summed E-state index contributed by atoms with van der Waals surface area (Å²) in [6.45, 7) is 3.22. The number of benzene rings is 1. The minimum absolute atomic E-state index is 0.0955. The second kappa shape index (κ2) is 8.70. The molecule has 1 aliphatic heterocycles. The molecule has 1 amide bonds. The van der Waals surface area contributed by atoms with Crippen LogP contribution in [0.2, 0.25) is 0 Å². The molecule has 0 aromatic heterocycles. The topological polar surface area (TPSA) is 68.2 Å². The van der Waals surface area contributed by atoms with E-state index in [1.54, 1.807) is 38.2 Å². The molecule has 2 unspecified atom stereocenters. The van der Waals surface area contributed by atoms with Crippen molar-refractivity contribution in [3.63, 3.8) is 0 Å². The Labute approximate surface area is 142 Å². The van der Waals surface area contributed by atoms with Crippen LogP contribution in [0.1, 0.15) is 18.9 Å². The molecule has 6 nitrogen and oxygen atoms in total. The van der Waals surface area contributed by atoms with Gasteiger partial charge in [-0.1, -0.05) is 0 Å². The van der Waals surface area contributed by atoms with Gasteiger partial charge in [0.15, 0.2) is 0 Å². The number of aliphatic hydroxyl groups is 1. The normalized spacial score (nSPS) is 19.3. The molecule has 1 heterocycles. The van der Waals surface area contributed by atoms with Gasteiger partial charge in [-0.25, -0.2) is 0 Å². The van der Waals surface area contributed by atoms with E-state index < -0.39 is 6.10 Å². The standard InChI is InChI=1S/C18H25NO5/c1-13(20)10-15-12-24-9-8-19(15)18(21)7-5-14-4-6-16(22-2)11-17(14)23-3/h4-7,11,13,15,20H,8-10,12H2,1-3H3/b7-5+. The minimum atomic E-state index is -0.474. The number of morpholine rings is 1. The maximum Gasteiger partial charge on any atom is 0.246 e. The van der Waals surface area contributed by atoms with Gasteiger partial charge < -0.3 is 24.2 Å². The van der Waals surface area contributed by atoms with Gasteiger partial charge in [0.05, 0.1) is 39.6 Å². The Morgan fingerprint density at radius 3 is 2.92 bits per heavy atom. The molecular weight excluding hydrogens is 310 g/mol. The van der Waals surface area contributed by atoms with Crippen molar-refractivity contribution in [2.45, 2.75) is 25.5 Å². The first-order valence-electron chi connectivity index (χ1n) is 8.01. The fourth-order valence-electron chi connectivity index (χ4n) is 2.75. The number of nitrogens with zero attached hydrogens (tertiary/aromatic N) is 1. The van der Waals surface area contributed by atoms with Gasteiger partial charge in [0.25, 0.3) is 0 Å². The highest BCUT2D eigenvalue weighted by molar-refractivity contribution is 5.92. The summed E-state index contributed by atoms with van der Waals surface area (Å²) in [7, 11) is 3.17. The Hall–Kier alpha value is -2.05. The van der Waals surface area contributed by atoms with E-state index >= 15 is 0 Å². The number of amides is 1. The Morgan fingerprint density at radius 2 is 2.25 bits per heavy atom. The lowest BCUT2D eigenvalue weighted by molar-refractivity contribution is -0.135. The number of carbonyl (C=O) groups is 1. The second-order valence-corrected chi connectivity index (χ2v) is 5.79. The number of hydrogen-bond acceptors (Lipinski definition) is 5. The van der Waals surface area contributed by atoms with Crippen LogP contribution >= 0.6 is 0 Å². The van der Waals surface area contributed by atoms with Gasteiger partial charge in [0.1, 0.15) is 11.5 Å². The van der Waals surface area contributed by atoms with E-state index in [1.165, 1.54) is 6.08 Å². The van der Waals surface area contributed by atoms with Crippen LogP contribution in [0, 0.1) is 0 Å². The number of methoxy groups -OCH3 is 2. The molecule has 0 saturated carbocycles. The van der Waals surface area contributed by atoms with Gasteiger partial charge in [-0.15, -0.1) is 0 Å². The summed E-state index contributed by atoms with van der Waals surface area (Å²) in [5.74, 6) is 1.24. The molecular formula is C18H25NO5. The fraction of sp³-hybridized carbons (Fsp3) is 0.500. The Morgan fingerprint density at radius 1 is 1.46 bits per heavy atom. The van der Waals surface area contributed by atoms with Crippen LogP contribution < -0.4 is 9.47 Å². The van der Waals surface area contributed by atoms with Crippen LogP contribution in [-0.2, 0) is 9.53 Å². The third-order valence-electron chi connectivity index (χ3n) is 3.97. The molecule has 1 N–H and O–H groups in total. The molecule has 6 heteroatoms. The lowest BCUT2D eigenvalue weighted by Gasteiger charge is -2.35. The van der Waals surface area contributed by atoms with Crippen LogP contribution in [0.3, 0.4) is 0 Å². The maximum absolute atomic E-state index is 12.5. The summed E-state index contributed by atoms with van der Waals surface area (Å²) in [6, 6.07) is 5.33. The SMILES string of the molecule is COc1ccc(/C=C/C(=O)N2CCOCC2CC(C)O)c(OC)c1. The predicted molar refractivity (Wildman–Crippen MR) is 91.2 cm³/mol. The van der Waals surface area contributed by atoms with E-state index in [4.69, 9.17) is 14.2 Å². The average Bonchev–Trinajstić information content (AvgIpc) is 2.59. The number of hydrogen-bond donors (Lipinski definition) is 1. The molecule has 2 atom stereocenters. The summed E-state index contributed by atoms with van der Waals surface area (Å²) < 4.78 is 15.9. The number of ether oxygens (including phenoxy) is 3. The van der Waals surface area contributed by atoms with Gasteiger partial charge in [-0.2, -0.15) is 0 Å². The zero-order valence-electron chi connectivity index (χ0n) is 14.4. The second-order valence-electron chi connectivity index (χ2n) is 5.79. The average molecular weight is 335 g/mol. The van der Waals surface area contributed by atoms with E-state index in [1.807, 2.05) is 12.1 Å². The van der Waals surface area contributed by atoms with E-state index in [0.29, 0.717) is 37.7 Å². The van der Waals surface area contributed by atoms with E-state index in [0.717, 1.165) is 5.56 Å². The monoisotopic (exact) mass is 335 g/mol. The van der Waals surface area contributed by atoms with Crippen LogP contribution in [-0.4, -0.2) is 62.0 Å². The molecule has 1 saturated heterocycles. The fourth-order valence-corrected chi connectivity index (χ4v) is 2.75. The highest BCUT2D eigenvalue weighted by Gasteiger charge is 2.26. The predicted octanol–water partition coefficient (Wildman–Crippen LogP) is 1.72. The Bertz CT molecular complexity index is 585. The first-order valence-corrected chi connectivity index (χ1v) is 8.01. The molecule has 1 aromatic rings. The van der Waals surface area contributed by atoms with E-state index in [-0.39, 0.29) is 11.9 Å². The Balaban J connectivity index is 2.11. The number of aliphatic hydroxyl groups excluding tert-OH is 1. The highest BCUT2D eigenvalue weighted by atomic mass is 16.5. The molecule has 1 fully saturated rings. The van der Waals surface area contributed by atoms with Gasteiger partial charge in [0, 0.05) is 24.3 Å². The molecule has 132 valence electrons. The van der Waals surface area contributed by atoms with Crippen LogP contribution in [0.5, 0.6) is 11.5 Å². The van der Waals surface area contributed by atoms with Gasteiger partial charge in [0.2, 0.25) is 5.91 Å². The zero-order chi connectivity index (χ0) is 17.5. The largest absolute Gasteiger partial charge is 0.497 e. The van der Waals surface area contributed by atoms with Crippen molar-refractivity contribution < 1.29 is 24.1 Å². The first kappa shape index (κ1) is 18.3. The minimum Gasteiger partial charge on any atom is -0.497 e. The smallest absolute Gasteiger partial charge is 0.246 e. The lowest BCUT2D eigenvalue weighted by atomic mass is 10.1. The van der Waals surface area contributed by atoms with Crippen molar-refractivity contribution in [1.29, 1.82) is 0 Å². The third kappa shape index (κ3) is 4.72. The highest BCUT2D eigenvalue weighted by Crippen LogP contribution is 2.25. The van der Waals surface area contributed by atoms with Crippen LogP contribution in [0.25, 0.3) is 6.08 Å². The summed E-state index contributed by atoms with van der Waals surface area (Å²) in [5, 5.41) is 9.59. The van der Waals surface area contributed by atoms with Crippen LogP contribution in [0.15, 0.2) is 24.3 Å². The summed E-state index contributed by atoms with van der Waals surface area (Å²) in [5.41, 5.74) is 0.798.